The van der Waals surface area contributed by atoms with Crippen molar-refractivity contribution in [2.75, 3.05) is 6.61 Å². The van der Waals surface area contributed by atoms with Crippen molar-refractivity contribution < 1.29 is 9.53 Å². The number of benzene rings is 2. The highest BCUT2D eigenvalue weighted by atomic mass is 32.1. The highest BCUT2D eigenvalue weighted by Crippen LogP contribution is 2.32. The van der Waals surface area contributed by atoms with Crippen LogP contribution in [0.3, 0.4) is 0 Å². The molecule has 2 heterocycles. The van der Waals surface area contributed by atoms with Crippen molar-refractivity contribution in [1.82, 2.24) is 13.6 Å². The largest absolute Gasteiger partial charge is 0.369 e. The zero-order valence-corrected chi connectivity index (χ0v) is 14.9. The monoisotopic (exact) mass is 353 g/mol. The summed E-state index contributed by atoms with van der Waals surface area (Å²) >= 11 is 1.16. The van der Waals surface area contributed by atoms with Gasteiger partial charge in [-0.2, -0.15) is 8.75 Å². The number of fused-ring (bicyclic) bond motifs is 1. The van der Waals surface area contributed by atoms with Gasteiger partial charge in [0.1, 0.15) is 17.1 Å². The van der Waals surface area contributed by atoms with Crippen molar-refractivity contribution in [1.29, 1.82) is 0 Å². The van der Waals surface area contributed by atoms with E-state index in [0.29, 0.717) is 12.2 Å². The second-order valence-corrected chi connectivity index (χ2v) is 6.96. The molecule has 25 heavy (non-hydrogen) atoms. The Bertz CT molecular complexity index is 896. The molecule has 3 aromatic rings. The average Bonchev–Trinajstić information content (AvgIpc) is 3.10. The van der Waals surface area contributed by atoms with Crippen LogP contribution in [0.5, 0.6) is 0 Å². The van der Waals surface area contributed by atoms with Gasteiger partial charge in [0.15, 0.2) is 0 Å². The lowest BCUT2D eigenvalue weighted by Gasteiger charge is -2.44. The number of carbonyl (C=O) groups is 1. The van der Waals surface area contributed by atoms with Gasteiger partial charge in [0.25, 0.3) is 5.91 Å². The fourth-order valence-corrected chi connectivity index (χ4v) is 3.99. The predicted octanol–water partition coefficient (Wildman–Crippen LogP) is 3.68. The minimum atomic E-state index is -0.119. The molecule has 0 spiro atoms. The van der Waals surface area contributed by atoms with Gasteiger partial charge in [-0.1, -0.05) is 30.3 Å². The van der Waals surface area contributed by atoms with Crippen molar-refractivity contribution in [2.24, 2.45) is 0 Å². The molecule has 1 amide bonds. The molecule has 1 aromatic heterocycles. The minimum absolute atomic E-state index is 0.0131. The maximum absolute atomic E-state index is 13.2. The maximum atomic E-state index is 13.2. The number of rotatable bonds is 2. The van der Waals surface area contributed by atoms with Gasteiger partial charge in [0.05, 0.1) is 30.4 Å². The topological polar surface area (TPSA) is 55.3 Å². The van der Waals surface area contributed by atoms with E-state index in [-0.39, 0.29) is 24.1 Å². The van der Waals surface area contributed by atoms with E-state index in [2.05, 4.69) is 8.75 Å². The third kappa shape index (κ3) is 2.92. The average molecular weight is 353 g/mol. The molecule has 0 radical (unpaired) electrons. The zero-order chi connectivity index (χ0) is 17.4. The second-order valence-electron chi connectivity index (χ2n) is 6.43. The van der Waals surface area contributed by atoms with Gasteiger partial charge in [0.2, 0.25) is 0 Å². The first-order chi connectivity index (χ1) is 12.1. The number of nitrogens with zero attached hydrogens (tertiary/aromatic N) is 3. The van der Waals surface area contributed by atoms with Crippen LogP contribution in [0.1, 0.15) is 35.9 Å². The van der Waals surface area contributed by atoms with Crippen LogP contribution in [0.4, 0.5) is 0 Å². The first kappa shape index (κ1) is 16.2. The Balaban J connectivity index is 1.65. The summed E-state index contributed by atoms with van der Waals surface area (Å²) in [5.41, 5.74) is 3.34. The van der Waals surface area contributed by atoms with Gasteiger partial charge in [0, 0.05) is 5.56 Å². The SMILES string of the molecule is C[C@@H]1CO[C@@H](c2ccccc2)[C@H](C)N1C(=O)c1ccc2nsnc2c1. The van der Waals surface area contributed by atoms with E-state index in [4.69, 9.17) is 4.74 Å². The summed E-state index contributed by atoms with van der Waals surface area (Å²) in [7, 11) is 0. The van der Waals surface area contributed by atoms with E-state index < -0.39 is 0 Å². The summed E-state index contributed by atoms with van der Waals surface area (Å²) in [6, 6.07) is 15.6. The number of amides is 1. The summed E-state index contributed by atoms with van der Waals surface area (Å²) in [4.78, 5) is 15.1. The van der Waals surface area contributed by atoms with E-state index in [9.17, 15) is 4.79 Å². The highest BCUT2D eigenvalue weighted by Gasteiger charge is 2.37. The lowest BCUT2D eigenvalue weighted by Crippen LogP contribution is -2.53. The summed E-state index contributed by atoms with van der Waals surface area (Å²) in [6.45, 7) is 4.60. The molecule has 1 aliphatic rings. The third-order valence-electron chi connectivity index (χ3n) is 4.73. The Morgan fingerprint density at radius 3 is 2.68 bits per heavy atom. The molecule has 128 valence electrons. The van der Waals surface area contributed by atoms with Crippen molar-refractivity contribution in [3.8, 4) is 0 Å². The molecule has 6 heteroatoms. The number of hydrogen-bond acceptors (Lipinski definition) is 5. The zero-order valence-electron chi connectivity index (χ0n) is 14.1. The van der Waals surface area contributed by atoms with Crippen LogP contribution in [-0.2, 0) is 4.74 Å². The molecular formula is C19H19N3O2S. The number of carbonyl (C=O) groups excluding carboxylic acids is 1. The standard InChI is InChI=1S/C19H19N3O2S/c1-12-11-24-18(14-6-4-3-5-7-14)13(2)22(12)19(23)15-8-9-16-17(10-15)21-25-20-16/h3-10,12-13,18H,11H2,1-2H3/t12-,13+,18-/m1/s1. The quantitative estimate of drug-likeness (QED) is 0.705. The Morgan fingerprint density at radius 2 is 1.88 bits per heavy atom. The van der Waals surface area contributed by atoms with Crippen LogP contribution in [0.15, 0.2) is 48.5 Å². The molecule has 3 atom stereocenters. The molecular weight excluding hydrogens is 334 g/mol. The first-order valence-corrected chi connectivity index (χ1v) is 9.09. The third-order valence-corrected chi connectivity index (χ3v) is 5.29. The highest BCUT2D eigenvalue weighted by molar-refractivity contribution is 7.00. The van der Waals surface area contributed by atoms with E-state index in [1.54, 1.807) is 0 Å². The summed E-state index contributed by atoms with van der Waals surface area (Å²) in [5.74, 6) is 0.0131. The number of ether oxygens (including phenoxy) is 1. The summed E-state index contributed by atoms with van der Waals surface area (Å²) in [5, 5.41) is 0. The van der Waals surface area contributed by atoms with Crippen molar-refractivity contribution in [2.45, 2.75) is 32.0 Å². The molecule has 1 fully saturated rings. The molecule has 0 bridgehead atoms. The molecule has 0 saturated carbocycles. The molecule has 4 rings (SSSR count). The normalized spacial score (nSPS) is 23.8. The van der Waals surface area contributed by atoms with Crippen LogP contribution in [-0.4, -0.2) is 38.2 Å². The van der Waals surface area contributed by atoms with Gasteiger partial charge in [-0.15, -0.1) is 0 Å². The lowest BCUT2D eigenvalue weighted by molar-refractivity contribution is -0.0806. The van der Waals surface area contributed by atoms with Crippen LogP contribution in [0, 0.1) is 0 Å². The summed E-state index contributed by atoms with van der Waals surface area (Å²) < 4.78 is 14.5. The Kier molecular flexibility index (Phi) is 4.23. The van der Waals surface area contributed by atoms with Gasteiger partial charge in [-0.05, 0) is 37.6 Å². The van der Waals surface area contributed by atoms with E-state index in [0.717, 1.165) is 28.3 Å². The minimum Gasteiger partial charge on any atom is -0.369 e. The maximum Gasteiger partial charge on any atom is 0.254 e. The fourth-order valence-electron chi connectivity index (χ4n) is 3.48. The first-order valence-electron chi connectivity index (χ1n) is 8.36. The number of aromatic nitrogens is 2. The molecule has 0 aliphatic carbocycles. The molecule has 5 nitrogen and oxygen atoms in total. The van der Waals surface area contributed by atoms with E-state index in [1.807, 2.05) is 67.3 Å². The van der Waals surface area contributed by atoms with Gasteiger partial charge in [-0.3, -0.25) is 4.79 Å². The van der Waals surface area contributed by atoms with Crippen LogP contribution in [0.2, 0.25) is 0 Å². The van der Waals surface area contributed by atoms with Gasteiger partial charge in [-0.25, -0.2) is 0 Å². The molecule has 1 saturated heterocycles. The Hall–Kier alpha value is -2.31. The predicted molar refractivity (Wildman–Crippen MR) is 97.6 cm³/mol. The van der Waals surface area contributed by atoms with E-state index >= 15 is 0 Å². The lowest BCUT2D eigenvalue weighted by atomic mass is 9.97. The molecule has 0 N–H and O–H groups in total. The Labute approximate surface area is 150 Å². The summed E-state index contributed by atoms with van der Waals surface area (Å²) in [6.07, 6.45) is -0.119. The molecule has 2 aromatic carbocycles. The number of morpholine rings is 1. The van der Waals surface area contributed by atoms with Crippen molar-refractivity contribution >= 4 is 28.7 Å². The fraction of sp³-hybridized carbons (Fsp3) is 0.316. The smallest absolute Gasteiger partial charge is 0.254 e. The van der Waals surface area contributed by atoms with Gasteiger partial charge < -0.3 is 9.64 Å². The number of hydrogen-bond donors (Lipinski definition) is 0. The Morgan fingerprint density at radius 1 is 1.12 bits per heavy atom. The van der Waals surface area contributed by atoms with Crippen LogP contribution in [0.25, 0.3) is 11.0 Å². The second kappa shape index (κ2) is 6.54. The van der Waals surface area contributed by atoms with Gasteiger partial charge >= 0.3 is 0 Å². The molecule has 0 unspecified atom stereocenters. The van der Waals surface area contributed by atoms with Crippen molar-refractivity contribution in [3.05, 3.63) is 59.7 Å². The van der Waals surface area contributed by atoms with Crippen LogP contribution >= 0.6 is 11.7 Å². The molecule has 1 aliphatic heterocycles. The van der Waals surface area contributed by atoms with Crippen LogP contribution < -0.4 is 0 Å². The van der Waals surface area contributed by atoms with Crippen molar-refractivity contribution in [3.63, 3.8) is 0 Å². The van der Waals surface area contributed by atoms with E-state index in [1.165, 1.54) is 0 Å².